The van der Waals surface area contributed by atoms with E-state index in [1.54, 1.807) is 7.11 Å². The van der Waals surface area contributed by atoms with Crippen molar-refractivity contribution in [2.45, 2.75) is 51.1 Å². The molecule has 1 saturated heterocycles. The molecule has 3 heterocycles. The molecule has 2 aliphatic heterocycles. The predicted molar refractivity (Wildman–Crippen MR) is 128 cm³/mol. The van der Waals surface area contributed by atoms with Crippen molar-refractivity contribution in [3.05, 3.63) is 59.4 Å². The smallest absolute Gasteiger partial charge is 0.241 e. The Balaban J connectivity index is 1.59. The number of rotatable bonds is 6. The fourth-order valence-electron chi connectivity index (χ4n) is 4.98. The molecule has 1 fully saturated rings. The van der Waals surface area contributed by atoms with Gasteiger partial charge in [0.1, 0.15) is 0 Å². The summed E-state index contributed by atoms with van der Waals surface area (Å²) in [5.74, 6) is 0.318. The Labute approximate surface area is 192 Å². The zero-order chi connectivity index (χ0) is 22.9. The van der Waals surface area contributed by atoms with Crippen LogP contribution >= 0.6 is 0 Å². The number of carbonyl (C=O) groups is 1. The predicted octanol–water partition coefficient (Wildman–Crippen LogP) is 3.17. The van der Waals surface area contributed by atoms with E-state index in [0.717, 1.165) is 30.0 Å². The lowest BCUT2D eigenvalue weighted by Gasteiger charge is -2.39. The molecule has 1 unspecified atom stereocenters. The SMILES string of the molecule is COC[C@H]1CN[C@H](C)CN1CC(=O)N1CC(C)(C)c2cnc(C(C)c3ccccc3)cc21. The van der Waals surface area contributed by atoms with Crippen molar-refractivity contribution in [3.8, 4) is 0 Å². The number of amides is 1. The number of methoxy groups -OCH3 is 1. The lowest BCUT2D eigenvalue weighted by Crippen LogP contribution is -2.59. The van der Waals surface area contributed by atoms with Crippen molar-refractivity contribution < 1.29 is 9.53 Å². The van der Waals surface area contributed by atoms with Gasteiger partial charge in [0.05, 0.1) is 18.8 Å². The normalized spacial score (nSPS) is 23.7. The number of carbonyl (C=O) groups excluding carboxylic acids is 1. The molecule has 3 atom stereocenters. The highest BCUT2D eigenvalue weighted by atomic mass is 16.5. The Kier molecular flexibility index (Phi) is 6.65. The van der Waals surface area contributed by atoms with Crippen molar-refractivity contribution in [1.29, 1.82) is 0 Å². The molecular formula is C26H36N4O2. The van der Waals surface area contributed by atoms with Gasteiger partial charge in [0.25, 0.3) is 0 Å². The van der Waals surface area contributed by atoms with E-state index in [9.17, 15) is 4.79 Å². The van der Waals surface area contributed by atoms with E-state index in [0.29, 0.717) is 25.7 Å². The van der Waals surface area contributed by atoms with Gasteiger partial charge < -0.3 is 15.0 Å². The van der Waals surface area contributed by atoms with Crippen LogP contribution in [0.2, 0.25) is 0 Å². The first kappa shape index (κ1) is 22.9. The maximum atomic E-state index is 13.6. The minimum atomic E-state index is -0.116. The van der Waals surface area contributed by atoms with E-state index in [1.807, 2.05) is 17.2 Å². The number of nitrogens with one attached hydrogen (secondary N) is 1. The van der Waals surface area contributed by atoms with Crippen molar-refractivity contribution >= 4 is 11.6 Å². The third-order valence-corrected chi connectivity index (χ3v) is 6.94. The van der Waals surface area contributed by atoms with Crippen molar-refractivity contribution in [2.24, 2.45) is 0 Å². The number of aromatic nitrogens is 1. The molecular weight excluding hydrogens is 400 g/mol. The minimum absolute atomic E-state index is 0.116. The molecule has 0 aliphatic carbocycles. The number of anilines is 1. The standard InChI is InChI=1S/C26H36N4O2/c1-18-14-29(21(12-27-18)16-32-5)15-25(31)30-17-26(3,4)22-13-28-23(11-24(22)30)19(2)20-9-7-6-8-10-20/h6-11,13,18-19,21,27H,12,14-17H2,1-5H3/t18-,19?,21-/m1/s1. The van der Waals surface area contributed by atoms with Crippen molar-refractivity contribution in [2.75, 3.05) is 44.8 Å². The first-order chi connectivity index (χ1) is 15.3. The van der Waals surface area contributed by atoms with E-state index >= 15 is 0 Å². The van der Waals surface area contributed by atoms with Gasteiger partial charge in [0, 0.05) is 67.6 Å². The monoisotopic (exact) mass is 436 g/mol. The number of hydrogen-bond donors (Lipinski definition) is 1. The van der Waals surface area contributed by atoms with E-state index in [2.05, 4.69) is 68.2 Å². The Morgan fingerprint density at radius 1 is 1.31 bits per heavy atom. The summed E-state index contributed by atoms with van der Waals surface area (Å²) < 4.78 is 5.41. The fourth-order valence-corrected chi connectivity index (χ4v) is 4.98. The van der Waals surface area contributed by atoms with Crippen molar-refractivity contribution in [3.63, 3.8) is 0 Å². The van der Waals surface area contributed by atoms with E-state index < -0.39 is 0 Å². The van der Waals surface area contributed by atoms with Gasteiger partial charge in [-0.15, -0.1) is 0 Å². The van der Waals surface area contributed by atoms with Gasteiger partial charge in [0.15, 0.2) is 0 Å². The molecule has 2 aliphatic rings. The maximum Gasteiger partial charge on any atom is 0.241 e. The molecule has 6 nitrogen and oxygen atoms in total. The van der Waals surface area contributed by atoms with Crippen LogP contribution in [-0.4, -0.2) is 67.8 Å². The van der Waals surface area contributed by atoms with Gasteiger partial charge in [0.2, 0.25) is 5.91 Å². The Morgan fingerprint density at radius 3 is 2.78 bits per heavy atom. The highest BCUT2D eigenvalue weighted by Crippen LogP contribution is 2.41. The van der Waals surface area contributed by atoms with Crippen LogP contribution in [0.3, 0.4) is 0 Å². The summed E-state index contributed by atoms with van der Waals surface area (Å²) in [5.41, 5.74) is 4.27. The number of piperazine rings is 1. The third-order valence-electron chi connectivity index (χ3n) is 6.94. The maximum absolute atomic E-state index is 13.6. The summed E-state index contributed by atoms with van der Waals surface area (Å²) in [5, 5.41) is 3.50. The van der Waals surface area contributed by atoms with Crippen LogP contribution in [0.1, 0.15) is 50.4 Å². The summed E-state index contributed by atoms with van der Waals surface area (Å²) in [6, 6.07) is 13.1. The second-order valence-electron chi connectivity index (χ2n) is 9.97. The van der Waals surface area contributed by atoms with Gasteiger partial charge in [-0.05, 0) is 18.6 Å². The molecule has 4 rings (SSSR count). The van der Waals surface area contributed by atoms with Gasteiger partial charge in [-0.25, -0.2) is 0 Å². The van der Waals surface area contributed by atoms with Crippen LogP contribution in [0.25, 0.3) is 0 Å². The number of fused-ring (bicyclic) bond motifs is 1. The van der Waals surface area contributed by atoms with Crippen LogP contribution in [0.15, 0.2) is 42.6 Å². The molecule has 1 aromatic carbocycles. The van der Waals surface area contributed by atoms with Crippen LogP contribution in [0.5, 0.6) is 0 Å². The second kappa shape index (κ2) is 9.30. The Bertz CT molecular complexity index is 946. The first-order valence-corrected chi connectivity index (χ1v) is 11.6. The van der Waals surface area contributed by atoms with Crippen LogP contribution in [-0.2, 0) is 14.9 Å². The van der Waals surface area contributed by atoms with Gasteiger partial charge in [-0.1, -0.05) is 51.1 Å². The van der Waals surface area contributed by atoms with E-state index in [-0.39, 0.29) is 23.3 Å². The van der Waals surface area contributed by atoms with Crippen LogP contribution in [0.4, 0.5) is 5.69 Å². The van der Waals surface area contributed by atoms with Gasteiger partial charge in [-0.2, -0.15) is 0 Å². The number of benzene rings is 1. The average molecular weight is 437 g/mol. The molecule has 0 spiro atoms. The summed E-state index contributed by atoms with van der Waals surface area (Å²) in [4.78, 5) is 22.6. The van der Waals surface area contributed by atoms with Crippen molar-refractivity contribution in [1.82, 2.24) is 15.2 Å². The molecule has 172 valence electrons. The average Bonchev–Trinajstić information content (AvgIpc) is 3.06. The second-order valence-corrected chi connectivity index (χ2v) is 9.97. The zero-order valence-corrected chi connectivity index (χ0v) is 20.0. The summed E-state index contributed by atoms with van der Waals surface area (Å²) >= 11 is 0. The summed E-state index contributed by atoms with van der Waals surface area (Å²) in [6.07, 6.45) is 1.98. The number of hydrogen-bond acceptors (Lipinski definition) is 5. The summed E-state index contributed by atoms with van der Waals surface area (Å²) in [7, 11) is 1.72. The molecule has 0 saturated carbocycles. The molecule has 0 radical (unpaired) electrons. The molecule has 32 heavy (non-hydrogen) atoms. The lowest BCUT2D eigenvalue weighted by molar-refractivity contribution is -0.121. The molecule has 1 aromatic heterocycles. The topological polar surface area (TPSA) is 57.7 Å². The van der Waals surface area contributed by atoms with Crippen LogP contribution in [0, 0.1) is 0 Å². The fraction of sp³-hybridized carbons (Fsp3) is 0.538. The Morgan fingerprint density at radius 2 is 2.06 bits per heavy atom. The highest BCUT2D eigenvalue weighted by Gasteiger charge is 2.40. The molecule has 0 bridgehead atoms. The lowest BCUT2D eigenvalue weighted by atomic mass is 9.87. The highest BCUT2D eigenvalue weighted by molar-refractivity contribution is 5.97. The van der Waals surface area contributed by atoms with E-state index in [4.69, 9.17) is 9.72 Å². The Hall–Kier alpha value is -2.28. The molecule has 1 amide bonds. The molecule has 1 N–H and O–H groups in total. The van der Waals surface area contributed by atoms with Crippen LogP contribution < -0.4 is 10.2 Å². The minimum Gasteiger partial charge on any atom is -0.383 e. The van der Waals surface area contributed by atoms with E-state index in [1.165, 1.54) is 5.56 Å². The number of pyridine rings is 1. The first-order valence-electron chi connectivity index (χ1n) is 11.6. The zero-order valence-electron chi connectivity index (χ0n) is 20.0. The third kappa shape index (κ3) is 4.58. The molecule has 6 heteroatoms. The largest absolute Gasteiger partial charge is 0.383 e. The quantitative estimate of drug-likeness (QED) is 0.754. The van der Waals surface area contributed by atoms with Gasteiger partial charge >= 0.3 is 0 Å². The number of ether oxygens (including phenoxy) is 1. The molecule has 2 aromatic rings. The van der Waals surface area contributed by atoms with Gasteiger partial charge in [-0.3, -0.25) is 14.7 Å². The summed E-state index contributed by atoms with van der Waals surface area (Å²) in [6.45, 7) is 12.1. The number of nitrogens with zero attached hydrogens (tertiary/aromatic N) is 3.